The van der Waals surface area contributed by atoms with E-state index >= 15 is 0 Å². The molecule has 0 saturated heterocycles. The van der Waals surface area contributed by atoms with Crippen LogP contribution in [0, 0.1) is 0 Å². The van der Waals surface area contributed by atoms with Crippen molar-refractivity contribution in [3.63, 3.8) is 0 Å². The van der Waals surface area contributed by atoms with Crippen molar-refractivity contribution in [2.24, 2.45) is 0 Å². The molecule has 0 aliphatic rings. The fourth-order valence-electron chi connectivity index (χ4n) is 1.85. The molecule has 0 bridgehead atoms. The molecule has 7 heteroatoms. The van der Waals surface area contributed by atoms with Gasteiger partial charge in [-0.05, 0) is 25.2 Å². The van der Waals surface area contributed by atoms with Gasteiger partial charge in [0, 0.05) is 13.1 Å². The van der Waals surface area contributed by atoms with Gasteiger partial charge in [0.15, 0.2) is 0 Å². The number of hydrogen-bond acceptors (Lipinski definition) is 2. The van der Waals surface area contributed by atoms with E-state index in [9.17, 15) is 0 Å². The Hall–Kier alpha value is -0.241. The average Bonchev–Trinajstić information content (AvgIpc) is 2.57. The zero-order valence-corrected chi connectivity index (χ0v) is 18.8. The zero-order valence-electron chi connectivity index (χ0n) is 14.2. The third-order valence-corrected chi connectivity index (χ3v) is 4.48. The molecule has 2 rings (SSSR count). The van der Waals surface area contributed by atoms with E-state index in [4.69, 9.17) is 25.3 Å². The van der Waals surface area contributed by atoms with Gasteiger partial charge >= 0.3 is 17.1 Å². The molecule has 0 heterocycles. The summed E-state index contributed by atoms with van der Waals surface area (Å²) in [4.78, 5) is 3.85. The average molecular weight is 450 g/mol. The quantitative estimate of drug-likeness (QED) is 0.232. The number of benzene rings is 2. The third kappa shape index (κ3) is 11.2. The zero-order chi connectivity index (χ0) is 17.9. The maximum atomic E-state index is 4.91. The second-order valence-electron chi connectivity index (χ2n) is 5.25. The summed E-state index contributed by atoms with van der Waals surface area (Å²) in [5, 5.41) is 0. The predicted molar refractivity (Wildman–Crippen MR) is 118 cm³/mol. The van der Waals surface area contributed by atoms with Crippen LogP contribution < -0.4 is 0 Å². The Morgan fingerprint density at radius 2 is 1.00 bits per heavy atom. The summed E-state index contributed by atoms with van der Waals surface area (Å²) in [6.45, 7) is 1.65. The fraction of sp³-hybridized carbons (Fsp3) is 0.222. The van der Waals surface area contributed by atoms with Crippen LogP contribution in [0.4, 0.5) is 0 Å². The van der Waals surface area contributed by atoms with Crippen molar-refractivity contribution in [2.45, 2.75) is 13.1 Å². The molecule has 25 heavy (non-hydrogen) atoms. The van der Waals surface area contributed by atoms with Crippen molar-refractivity contribution < 1.29 is 17.1 Å². The van der Waals surface area contributed by atoms with E-state index in [2.05, 4.69) is 48.7 Å². The van der Waals surface area contributed by atoms with Gasteiger partial charge in [-0.25, -0.2) is 0 Å². The molecule has 0 N–H and O–H groups in total. The third-order valence-electron chi connectivity index (χ3n) is 3.18. The number of nitrogens with zero attached hydrogens (tertiary/aromatic N) is 2. The first kappa shape index (κ1) is 24.8. The number of hydrogen-bond donors (Lipinski definition) is 0. The van der Waals surface area contributed by atoms with Gasteiger partial charge in [-0.15, -0.1) is 0 Å². The van der Waals surface area contributed by atoms with Gasteiger partial charge in [-0.1, -0.05) is 60.7 Å². The van der Waals surface area contributed by atoms with E-state index in [1.807, 2.05) is 60.3 Å². The molecule has 2 aromatic carbocycles. The molecule has 0 aromatic heterocycles. The van der Waals surface area contributed by atoms with Crippen LogP contribution in [-0.4, -0.2) is 32.5 Å². The molecule has 1 radical (unpaired) electrons. The molecular weight excluding hydrogens is 427 g/mol. The molecule has 0 fully saturated rings. The van der Waals surface area contributed by atoms with Crippen LogP contribution in [0.3, 0.4) is 0 Å². The largest absolute Gasteiger partial charge is 2.00 e. The first-order valence-corrected chi connectivity index (χ1v) is 9.07. The van der Waals surface area contributed by atoms with Crippen molar-refractivity contribution in [1.29, 1.82) is 0 Å². The van der Waals surface area contributed by atoms with Crippen LogP contribution in [-0.2, 0) is 79.9 Å². The Labute approximate surface area is 183 Å². The van der Waals surface area contributed by atoms with E-state index in [-0.39, 0.29) is 17.1 Å². The van der Waals surface area contributed by atoms with Crippen LogP contribution in [0.25, 0.3) is 0 Å². The Balaban J connectivity index is 0.000000443. The van der Waals surface area contributed by atoms with Crippen LogP contribution in [0.1, 0.15) is 11.1 Å². The van der Waals surface area contributed by atoms with Gasteiger partial charge < -0.3 is 25.3 Å². The van der Waals surface area contributed by atoms with E-state index in [0.717, 1.165) is 13.1 Å². The van der Waals surface area contributed by atoms with Crippen LogP contribution in [0.15, 0.2) is 60.7 Å². The molecule has 133 valence electrons. The van der Waals surface area contributed by atoms with Crippen molar-refractivity contribution in [3.05, 3.63) is 71.8 Å². The molecule has 0 aliphatic carbocycles. The van der Waals surface area contributed by atoms with Gasteiger partial charge in [-0.2, -0.15) is 0 Å². The van der Waals surface area contributed by atoms with Crippen molar-refractivity contribution >= 4 is 58.3 Å². The molecule has 0 amide bonds. The normalized spacial score (nSPS) is 9.84. The van der Waals surface area contributed by atoms with Crippen LogP contribution >= 0.6 is 0 Å². The Morgan fingerprint density at radius 3 is 1.24 bits per heavy atom. The Kier molecular flexibility index (Phi) is 13.8. The van der Waals surface area contributed by atoms with E-state index in [1.54, 1.807) is 0 Å². The molecule has 2 nitrogen and oxygen atoms in total. The van der Waals surface area contributed by atoms with E-state index in [0.29, 0.717) is 8.64 Å². The summed E-state index contributed by atoms with van der Waals surface area (Å²) in [6.07, 6.45) is 0. The number of rotatable bonds is 4. The Morgan fingerprint density at radius 1 is 0.720 bits per heavy atom. The summed E-state index contributed by atoms with van der Waals surface area (Å²) < 4.78 is 1.25. The summed E-state index contributed by atoms with van der Waals surface area (Å²) >= 11 is 18.0. The topological polar surface area (TPSA) is 6.48 Å². The fourth-order valence-corrected chi connectivity index (χ4v) is 2.12. The second-order valence-corrected chi connectivity index (χ2v) is 7.47. The minimum Gasteiger partial charge on any atom is -0.680 e. The molecule has 0 unspecified atom stereocenters. The number of thiol groups is 2. The SMILES string of the molecule is CN(Cc1ccccc1)C([S-])=[SH+].CN(Cc1ccccc1)C([S-])=[SH+].[Mn+2]. The molecular formula is C18H22MnN2S4+2. The first-order valence-electron chi connectivity index (χ1n) is 7.36. The summed E-state index contributed by atoms with van der Waals surface area (Å²) in [5.74, 6) is 0. The van der Waals surface area contributed by atoms with Crippen molar-refractivity contribution in [2.75, 3.05) is 14.1 Å². The van der Waals surface area contributed by atoms with Crippen LogP contribution in [0.5, 0.6) is 0 Å². The minimum absolute atomic E-state index is 0. The van der Waals surface area contributed by atoms with E-state index in [1.165, 1.54) is 11.1 Å². The van der Waals surface area contributed by atoms with Crippen molar-refractivity contribution in [3.8, 4) is 0 Å². The maximum Gasteiger partial charge on any atom is 2.00 e. The predicted octanol–water partition coefficient (Wildman–Crippen LogP) is 2.06. The first-order chi connectivity index (χ1) is 11.4. The van der Waals surface area contributed by atoms with Crippen molar-refractivity contribution in [1.82, 2.24) is 9.80 Å². The van der Waals surface area contributed by atoms with E-state index < -0.39 is 0 Å². The minimum atomic E-state index is 0. The molecule has 0 atom stereocenters. The molecule has 2 aromatic rings. The monoisotopic (exact) mass is 449 g/mol. The van der Waals surface area contributed by atoms with Crippen LogP contribution in [0.2, 0.25) is 0 Å². The molecule has 0 aliphatic heterocycles. The Bertz CT molecular complexity index is 581. The smallest absolute Gasteiger partial charge is 0.680 e. The summed E-state index contributed by atoms with van der Waals surface area (Å²) in [7, 11) is 3.87. The van der Waals surface area contributed by atoms with Gasteiger partial charge in [0.2, 0.25) is 0 Å². The maximum absolute atomic E-state index is 4.91. The van der Waals surface area contributed by atoms with Gasteiger partial charge in [0.05, 0.1) is 0 Å². The van der Waals surface area contributed by atoms with Gasteiger partial charge in [0.25, 0.3) is 0 Å². The molecule has 0 saturated carbocycles. The standard InChI is InChI=1S/2C9H11NS2.Mn/c2*1-10(9(11)12)7-8-5-3-2-4-6-8;/h2*2-6H,7H2,1H3,(H,11,12);/q;;+2. The molecule has 0 spiro atoms. The van der Waals surface area contributed by atoms with Gasteiger partial charge in [-0.3, -0.25) is 9.80 Å². The van der Waals surface area contributed by atoms with Gasteiger partial charge in [0.1, 0.15) is 33.1 Å². The summed E-state index contributed by atoms with van der Waals surface area (Å²) in [6, 6.07) is 20.4. The second kappa shape index (κ2) is 13.9. The summed E-state index contributed by atoms with van der Waals surface area (Å²) in [5.41, 5.74) is 2.49.